The number of carbonyl (C=O) groups is 2. The number of benzene rings is 2. The summed E-state index contributed by atoms with van der Waals surface area (Å²) in [5.41, 5.74) is -0.947. The molecule has 0 unspecified atom stereocenters. The molecule has 162 valence electrons. The Morgan fingerprint density at radius 2 is 1.77 bits per heavy atom. The van der Waals surface area contributed by atoms with Crippen LogP contribution in [0.2, 0.25) is 0 Å². The summed E-state index contributed by atoms with van der Waals surface area (Å²) in [5.74, 6) is -0.992. The van der Waals surface area contributed by atoms with Crippen molar-refractivity contribution in [2.75, 3.05) is 10.6 Å². The lowest BCUT2D eigenvalue weighted by atomic mass is 10.1. The molecule has 3 aromatic rings. The molecule has 31 heavy (non-hydrogen) atoms. The smallest absolute Gasteiger partial charge is 0.418 e. The molecule has 0 bridgehead atoms. The first-order chi connectivity index (χ1) is 14.6. The van der Waals surface area contributed by atoms with Gasteiger partial charge in [0.05, 0.1) is 17.4 Å². The maximum Gasteiger partial charge on any atom is 0.418 e. The van der Waals surface area contributed by atoms with Gasteiger partial charge in [0.15, 0.2) is 11.7 Å². The van der Waals surface area contributed by atoms with Crippen LogP contribution < -0.4 is 10.6 Å². The van der Waals surface area contributed by atoms with Crippen LogP contribution >= 0.6 is 0 Å². The molecule has 1 heterocycles. The first-order valence-electron chi connectivity index (χ1n) is 9.11. The number of hydrogen-bond acceptors (Lipinski definition) is 4. The molecule has 2 aromatic carbocycles. The van der Waals surface area contributed by atoms with Gasteiger partial charge in [-0.05, 0) is 42.5 Å². The number of hydrogen-bond donors (Lipinski definition) is 2. The van der Waals surface area contributed by atoms with Crippen LogP contribution in [-0.4, -0.2) is 16.8 Å². The minimum Gasteiger partial charge on any atom is -0.441 e. The van der Waals surface area contributed by atoms with Gasteiger partial charge in [0.2, 0.25) is 11.8 Å². The summed E-state index contributed by atoms with van der Waals surface area (Å²) in [6, 6.07) is 8.63. The van der Waals surface area contributed by atoms with E-state index in [1.54, 1.807) is 0 Å². The number of nitrogens with one attached hydrogen (secondary N) is 2. The van der Waals surface area contributed by atoms with Crippen LogP contribution in [0.1, 0.15) is 24.8 Å². The van der Waals surface area contributed by atoms with E-state index < -0.39 is 35.1 Å². The third kappa shape index (κ3) is 5.91. The van der Waals surface area contributed by atoms with E-state index in [1.165, 1.54) is 43.5 Å². The van der Waals surface area contributed by atoms with E-state index in [1.807, 2.05) is 0 Å². The first-order valence-corrected chi connectivity index (χ1v) is 9.11. The van der Waals surface area contributed by atoms with Crippen molar-refractivity contribution in [3.63, 3.8) is 0 Å². The molecule has 0 aliphatic heterocycles. The average molecular weight is 435 g/mol. The Kier molecular flexibility index (Phi) is 6.38. The Labute approximate surface area is 174 Å². The Morgan fingerprint density at radius 3 is 2.42 bits per heavy atom. The van der Waals surface area contributed by atoms with Crippen molar-refractivity contribution in [2.45, 2.75) is 25.9 Å². The second-order valence-electron chi connectivity index (χ2n) is 6.61. The summed E-state index contributed by atoms with van der Waals surface area (Å²) < 4.78 is 58.5. The van der Waals surface area contributed by atoms with Gasteiger partial charge in [-0.15, -0.1) is 0 Å². The number of rotatable bonds is 6. The van der Waals surface area contributed by atoms with Crippen LogP contribution in [0, 0.1) is 5.82 Å². The fraction of sp³-hybridized carbons (Fsp3) is 0.190. The SMILES string of the molecule is CC(=O)Nc1ccc(NC(=O)CCc2ncc(-c3ccc(F)cc3)o2)c(C(F)(F)F)c1. The van der Waals surface area contributed by atoms with Gasteiger partial charge in [0, 0.05) is 31.0 Å². The average Bonchev–Trinajstić information content (AvgIpc) is 3.16. The third-order valence-corrected chi connectivity index (χ3v) is 4.17. The Bertz CT molecular complexity index is 1090. The van der Waals surface area contributed by atoms with Crippen molar-refractivity contribution in [3.8, 4) is 11.3 Å². The number of aromatic nitrogens is 1. The fourth-order valence-electron chi connectivity index (χ4n) is 2.78. The lowest BCUT2D eigenvalue weighted by Gasteiger charge is -2.15. The minimum absolute atomic E-state index is 0.0362. The van der Waals surface area contributed by atoms with E-state index in [9.17, 15) is 27.2 Å². The molecule has 3 rings (SSSR count). The van der Waals surface area contributed by atoms with E-state index in [4.69, 9.17) is 4.42 Å². The molecule has 2 amide bonds. The van der Waals surface area contributed by atoms with Gasteiger partial charge in [-0.2, -0.15) is 13.2 Å². The molecule has 0 saturated heterocycles. The zero-order valence-corrected chi connectivity index (χ0v) is 16.2. The maximum absolute atomic E-state index is 13.3. The largest absolute Gasteiger partial charge is 0.441 e. The number of amides is 2. The van der Waals surface area contributed by atoms with Crippen LogP contribution in [0.5, 0.6) is 0 Å². The Hall–Kier alpha value is -3.69. The summed E-state index contributed by atoms with van der Waals surface area (Å²) in [6.07, 6.45) is -3.43. The second-order valence-corrected chi connectivity index (χ2v) is 6.61. The monoisotopic (exact) mass is 435 g/mol. The Balaban J connectivity index is 1.66. The quantitative estimate of drug-likeness (QED) is 0.532. The molecular formula is C21H17F4N3O3. The molecule has 1 aromatic heterocycles. The Morgan fingerprint density at radius 1 is 1.06 bits per heavy atom. The van der Waals surface area contributed by atoms with Crippen molar-refractivity contribution in [1.29, 1.82) is 0 Å². The van der Waals surface area contributed by atoms with Gasteiger partial charge in [-0.1, -0.05) is 0 Å². The fourth-order valence-corrected chi connectivity index (χ4v) is 2.78. The number of alkyl halides is 3. The topological polar surface area (TPSA) is 84.2 Å². The van der Waals surface area contributed by atoms with Crippen LogP contribution in [0.4, 0.5) is 28.9 Å². The van der Waals surface area contributed by atoms with Crippen molar-refractivity contribution < 1.29 is 31.6 Å². The van der Waals surface area contributed by atoms with Crippen molar-refractivity contribution in [1.82, 2.24) is 4.98 Å². The predicted molar refractivity (Wildman–Crippen MR) is 105 cm³/mol. The summed E-state index contributed by atoms with van der Waals surface area (Å²) in [5, 5.41) is 4.50. The van der Waals surface area contributed by atoms with Gasteiger partial charge in [-0.3, -0.25) is 9.59 Å². The van der Waals surface area contributed by atoms with Gasteiger partial charge in [0.1, 0.15) is 5.82 Å². The van der Waals surface area contributed by atoms with Crippen LogP contribution in [0.25, 0.3) is 11.3 Å². The number of anilines is 2. The molecule has 0 radical (unpaired) electrons. The molecule has 2 N–H and O–H groups in total. The molecule has 10 heteroatoms. The molecule has 6 nitrogen and oxygen atoms in total. The standard InChI is InChI=1S/C21H17F4N3O3/c1-12(29)27-15-6-7-17(16(10-15)21(23,24)25)28-19(30)8-9-20-26-11-18(31-20)13-2-4-14(22)5-3-13/h2-7,10-11H,8-9H2,1H3,(H,27,29)(H,28,30). The number of nitrogens with zero attached hydrogens (tertiary/aromatic N) is 1. The molecule has 0 atom stereocenters. The van der Waals surface area contributed by atoms with E-state index in [-0.39, 0.29) is 24.4 Å². The summed E-state index contributed by atoms with van der Waals surface area (Å²) >= 11 is 0. The van der Waals surface area contributed by atoms with E-state index >= 15 is 0 Å². The number of aryl methyl sites for hydroxylation is 1. The van der Waals surface area contributed by atoms with E-state index in [2.05, 4.69) is 15.6 Å². The zero-order chi connectivity index (χ0) is 22.6. The van der Waals surface area contributed by atoms with E-state index in [0.29, 0.717) is 11.3 Å². The number of oxazole rings is 1. The van der Waals surface area contributed by atoms with Gasteiger partial charge < -0.3 is 15.1 Å². The van der Waals surface area contributed by atoms with Crippen LogP contribution in [0.15, 0.2) is 53.1 Å². The number of carbonyl (C=O) groups excluding carboxylic acids is 2. The highest BCUT2D eigenvalue weighted by Crippen LogP contribution is 2.36. The third-order valence-electron chi connectivity index (χ3n) is 4.17. The molecule has 0 saturated carbocycles. The van der Waals surface area contributed by atoms with E-state index in [0.717, 1.165) is 12.1 Å². The van der Waals surface area contributed by atoms with Gasteiger partial charge in [-0.25, -0.2) is 9.37 Å². The molecule has 0 aliphatic carbocycles. The van der Waals surface area contributed by atoms with Gasteiger partial charge in [0.25, 0.3) is 0 Å². The highest BCUT2D eigenvalue weighted by molar-refractivity contribution is 5.93. The molecular weight excluding hydrogens is 418 g/mol. The minimum atomic E-state index is -4.73. The normalized spacial score (nSPS) is 11.3. The summed E-state index contributed by atoms with van der Waals surface area (Å²) in [7, 11) is 0. The van der Waals surface area contributed by atoms with Crippen molar-refractivity contribution >= 4 is 23.2 Å². The van der Waals surface area contributed by atoms with Crippen molar-refractivity contribution in [2.24, 2.45) is 0 Å². The van der Waals surface area contributed by atoms with Crippen LogP contribution in [0.3, 0.4) is 0 Å². The lowest BCUT2D eigenvalue weighted by Crippen LogP contribution is -2.17. The number of halogens is 4. The lowest BCUT2D eigenvalue weighted by molar-refractivity contribution is -0.137. The summed E-state index contributed by atoms with van der Waals surface area (Å²) in [6.45, 7) is 1.17. The maximum atomic E-state index is 13.3. The zero-order valence-electron chi connectivity index (χ0n) is 16.2. The molecule has 0 aliphatic rings. The summed E-state index contributed by atoms with van der Waals surface area (Å²) in [4.78, 5) is 27.3. The first kappa shape index (κ1) is 22.0. The second kappa shape index (κ2) is 8.99. The molecule has 0 spiro atoms. The van der Waals surface area contributed by atoms with Gasteiger partial charge >= 0.3 is 6.18 Å². The van der Waals surface area contributed by atoms with Crippen molar-refractivity contribution in [3.05, 3.63) is 65.9 Å². The van der Waals surface area contributed by atoms with Crippen LogP contribution in [-0.2, 0) is 22.2 Å². The predicted octanol–water partition coefficient (Wildman–Crippen LogP) is 5.03. The molecule has 0 fully saturated rings. The highest BCUT2D eigenvalue weighted by atomic mass is 19.4. The highest BCUT2D eigenvalue weighted by Gasteiger charge is 2.34.